The molecule has 0 bridgehead atoms. The van der Waals surface area contributed by atoms with Gasteiger partial charge in [-0.25, -0.2) is 4.98 Å². The summed E-state index contributed by atoms with van der Waals surface area (Å²) < 4.78 is 7.93. The van der Waals surface area contributed by atoms with Crippen molar-refractivity contribution in [3.8, 4) is 0 Å². The molecule has 0 saturated heterocycles. The van der Waals surface area contributed by atoms with E-state index in [4.69, 9.17) is 27.9 Å². The van der Waals surface area contributed by atoms with Crippen LogP contribution in [0.25, 0.3) is 11.0 Å². The zero-order valence-corrected chi connectivity index (χ0v) is 13.5. The molecule has 1 aliphatic rings. The number of aryl methyl sites for hydroxylation is 2. The molecule has 0 atom stereocenters. The van der Waals surface area contributed by atoms with Crippen molar-refractivity contribution < 1.29 is 4.74 Å². The number of hydrogen-bond donors (Lipinski definition) is 0. The fraction of sp³-hybridized carbons (Fsp3) is 0.562. The van der Waals surface area contributed by atoms with E-state index < -0.39 is 0 Å². The predicted octanol–water partition coefficient (Wildman–Crippen LogP) is 4.29. The van der Waals surface area contributed by atoms with E-state index in [1.54, 1.807) is 0 Å². The summed E-state index contributed by atoms with van der Waals surface area (Å²) in [6.07, 6.45) is 4.44. The van der Waals surface area contributed by atoms with Crippen molar-refractivity contribution in [3.63, 3.8) is 0 Å². The largest absolute Gasteiger partial charge is 0.381 e. The van der Waals surface area contributed by atoms with Gasteiger partial charge in [-0.15, -0.1) is 11.6 Å². The molecule has 3 rings (SSSR count). The van der Waals surface area contributed by atoms with Crippen molar-refractivity contribution >= 4 is 34.2 Å². The molecule has 0 radical (unpaired) electrons. The van der Waals surface area contributed by atoms with E-state index in [0.29, 0.717) is 5.88 Å². The van der Waals surface area contributed by atoms with E-state index in [2.05, 4.69) is 9.55 Å². The van der Waals surface area contributed by atoms with Crippen molar-refractivity contribution in [3.05, 3.63) is 29.0 Å². The van der Waals surface area contributed by atoms with E-state index in [0.717, 1.165) is 60.4 Å². The van der Waals surface area contributed by atoms with E-state index in [9.17, 15) is 0 Å². The van der Waals surface area contributed by atoms with Crippen LogP contribution >= 0.6 is 23.2 Å². The molecule has 1 heterocycles. The summed E-state index contributed by atoms with van der Waals surface area (Å²) in [5.41, 5.74) is 2.07. The van der Waals surface area contributed by atoms with Gasteiger partial charge in [-0.1, -0.05) is 11.6 Å². The second kappa shape index (κ2) is 6.99. The first-order valence-electron chi connectivity index (χ1n) is 7.56. The fourth-order valence-corrected chi connectivity index (χ4v) is 2.87. The van der Waals surface area contributed by atoms with Crippen molar-refractivity contribution in [1.29, 1.82) is 0 Å². The Morgan fingerprint density at radius 3 is 2.95 bits per heavy atom. The summed E-state index contributed by atoms with van der Waals surface area (Å²) in [6, 6.07) is 5.83. The minimum Gasteiger partial charge on any atom is -0.381 e. The number of hydrogen-bond acceptors (Lipinski definition) is 2. The molecule has 2 aromatic rings. The van der Waals surface area contributed by atoms with Gasteiger partial charge in [0.25, 0.3) is 0 Å². The molecule has 0 amide bonds. The summed E-state index contributed by atoms with van der Waals surface area (Å²) in [5.74, 6) is 2.43. The van der Waals surface area contributed by atoms with Gasteiger partial charge in [0.2, 0.25) is 0 Å². The number of imidazole rings is 1. The highest BCUT2D eigenvalue weighted by Crippen LogP contribution is 2.28. The zero-order chi connectivity index (χ0) is 14.7. The van der Waals surface area contributed by atoms with Crippen LogP contribution in [0.4, 0.5) is 0 Å². The lowest BCUT2D eigenvalue weighted by Crippen LogP contribution is -2.08. The number of fused-ring (bicyclic) bond motifs is 1. The van der Waals surface area contributed by atoms with Crippen molar-refractivity contribution in [2.24, 2.45) is 5.92 Å². The highest BCUT2D eigenvalue weighted by Gasteiger charge is 2.20. The summed E-state index contributed by atoms with van der Waals surface area (Å²) in [6.45, 7) is 2.62. The van der Waals surface area contributed by atoms with Gasteiger partial charge in [0.1, 0.15) is 5.82 Å². The molecule has 0 N–H and O–H groups in total. The molecule has 3 nitrogen and oxygen atoms in total. The van der Waals surface area contributed by atoms with E-state index in [1.165, 1.54) is 12.8 Å². The van der Waals surface area contributed by atoms with Crippen LogP contribution < -0.4 is 0 Å². The molecular formula is C16H20Cl2N2O. The van der Waals surface area contributed by atoms with Gasteiger partial charge in [0.05, 0.1) is 11.0 Å². The number of halogens is 2. The topological polar surface area (TPSA) is 27.1 Å². The first kappa shape index (κ1) is 15.1. The van der Waals surface area contributed by atoms with Gasteiger partial charge in [-0.2, -0.15) is 0 Å². The molecule has 5 heteroatoms. The average molecular weight is 327 g/mol. The summed E-state index contributed by atoms with van der Waals surface area (Å²) in [5, 5.41) is 0.742. The highest BCUT2D eigenvalue weighted by atomic mass is 35.5. The summed E-state index contributed by atoms with van der Waals surface area (Å²) >= 11 is 12.0. The maximum absolute atomic E-state index is 6.11. The zero-order valence-electron chi connectivity index (χ0n) is 12.0. The van der Waals surface area contributed by atoms with Crippen molar-refractivity contribution in [1.82, 2.24) is 9.55 Å². The van der Waals surface area contributed by atoms with Crippen LogP contribution in [0, 0.1) is 5.92 Å². The van der Waals surface area contributed by atoms with Crippen LogP contribution in [-0.4, -0.2) is 28.6 Å². The van der Waals surface area contributed by atoms with Gasteiger partial charge in [-0.3, -0.25) is 0 Å². The number of ether oxygens (including phenoxy) is 1. The Morgan fingerprint density at radius 2 is 2.19 bits per heavy atom. The van der Waals surface area contributed by atoms with Gasteiger partial charge in [0.15, 0.2) is 0 Å². The lowest BCUT2D eigenvalue weighted by Gasteiger charge is -2.09. The third-order valence-corrected chi connectivity index (χ3v) is 4.25. The van der Waals surface area contributed by atoms with Gasteiger partial charge < -0.3 is 9.30 Å². The Labute approximate surface area is 135 Å². The number of nitrogens with zero attached hydrogens (tertiary/aromatic N) is 2. The molecule has 1 aromatic carbocycles. The molecule has 1 saturated carbocycles. The molecule has 0 unspecified atom stereocenters. The lowest BCUT2D eigenvalue weighted by atomic mass is 10.3. The average Bonchev–Trinajstić information content (AvgIpc) is 3.23. The van der Waals surface area contributed by atoms with Crippen LogP contribution in [-0.2, 0) is 17.7 Å². The van der Waals surface area contributed by atoms with Crippen molar-refractivity contribution in [2.75, 3.05) is 19.1 Å². The highest BCUT2D eigenvalue weighted by molar-refractivity contribution is 6.31. The van der Waals surface area contributed by atoms with Crippen molar-refractivity contribution in [2.45, 2.75) is 32.2 Å². The Bertz CT molecular complexity index is 608. The second-order valence-electron chi connectivity index (χ2n) is 5.62. The first-order chi connectivity index (χ1) is 10.3. The van der Waals surface area contributed by atoms with Gasteiger partial charge in [0, 0.05) is 37.1 Å². The lowest BCUT2D eigenvalue weighted by molar-refractivity contribution is 0.119. The maximum Gasteiger partial charge on any atom is 0.111 e. The first-order valence-corrected chi connectivity index (χ1v) is 8.47. The molecular weight excluding hydrogens is 307 g/mol. The third-order valence-electron chi connectivity index (χ3n) is 3.83. The molecule has 21 heavy (non-hydrogen) atoms. The molecule has 1 aromatic heterocycles. The van der Waals surface area contributed by atoms with Crippen LogP contribution in [0.15, 0.2) is 18.2 Å². The minimum absolute atomic E-state index is 0.579. The Balaban J connectivity index is 1.67. The Hall–Kier alpha value is -0.770. The van der Waals surface area contributed by atoms with Crippen LogP contribution in [0.5, 0.6) is 0 Å². The summed E-state index contributed by atoms with van der Waals surface area (Å²) in [4.78, 5) is 4.66. The number of aromatic nitrogens is 2. The Morgan fingerprint density at radius 1 is 1.33 bits per heavy atom. The maximum atomic E-state index is 6.11. The van der Waals surface area contributed by atoms with E-state index in [1.807, 2.05) is 18.2 Å². The molecule has 1 fully saturated rings. The molecule has 0 aliphatic heterocycles. The third kappa shape index (κ3) is 3.91. The number of rotatable bonds is 8. The van der Waals surface area contributed by atoms with E-state index >= 15 is 0 Å². The van der Waals surface area contributed by atoms with Crippen LogP contribution in [0.3, 0.4) is 0 Å². The Kier molecular flexibility index (Phi) is 5.04. The molecule has 1 aliphatic carbocycles. The predicted molar refractivity (Wildman–Crippen MR) is 87.3 cm³/mol. The quantitative estimate of drug-likeness (QED) is 0.534. The number of alkyl halides is 1. The SMILES string of the molecule is ClCCc1nc2ccc(Cl)cc2n1CCCOCC1CC1. The monoisotopic (exact) mass is 326 g/mol. The van der Waals surface area contributed by atoms with Crippen LogP contribution in [0.1, 0.15) is 25.1 Å². The van der Waals surface area contributed by atoms with Crippen LogP contribution in [0.2, 0.25) is 5.02 Å². The standard InChI is InChI=1S/C16H20Cl2N2O/c17-7-6-16-19-14-5-4-13(18)10-15(14)20(16)8-1-9-21-11-12-2-3-12/h4-5,10,12H,1-3,6-9,11H2. The smallest absolute Gasteiger partial charge is 0.111 e. The molecule has 114 valence electrons. The summed E-state index contributed by atoms with van der Waals surface area (Å²) in [7, 11) is 0. The minimum atomic E-state index is 0.579. The van der Waals surface area contributed by atoms with E-state index in [-0.39, 0.29) is 0 Å². The molecule has 0 spiro atoms. The second-order valence-corrected chi connectivity index (χ2v) is 6.44. The normalized spacial score (nSPS) is 15.0. The fourth-order valence-electron chi connectivity index (χ4n) is 2.53. The number of benzene rings is 1. The van der Waals surface area contributed by atoms with Gasteiger partial charge >= 0.3 is 0 Å². The van der Waals surface area contributed by atoms with Gasteiger partial charge in [-0.05, 0) is 43.4 Å².